The van der Waals surface area contributed by atoms with Crippen LogP contribution in [0.25, 0.3) is 16.5 Å². The predicted molar refractivity (Wildman–Crippen MR) is 93.8 cm³/mol. The number of β-lactam (4-membered cyclic amide) rings is 1. The topological polar surface area (TPSA) is 69.1 Å². The lowest BCUT2D eigenvalue weighted by Gasteiger charge is -2.44. The van der Waals surface area contributed by atoms with Crippen LogP contribution in [0, 0.1) is 0 Å². The number of carbonyl (C=O) groups is 1. The van der Waals surface area contributed by atoms with E-state index in [4.69, 9.17) is 5.53 Å². The van der Waals surface area contributed by atoms with Gasteiger partial charge in [-0.25, -0.2) is 0 Å². The van der Waals surface area contributed by atoms with Crippen molar-refractivity contribution in [3.63, 3.8) is 0 Å². The Labute approximate surface area is 142 Å². The van der Waals surface area contributed by atoms with Crippen LogP contribution >= 0.6 is 15.9 Å². The first-order chi connectivity index (χ1) is 11.2. The molecule has 2 atom stereocenters. The van der Waals surface area contributed by atoms with E-state index in [9.17, 15) is 4.79 Å². The van der Waals surface area contributed by atoms with E-state index in [1.54, 1.807) is 4.90 Å². The van der Waals surface area contributed by atoms with Crippen LogP contribution < -0.4 is 4.90 Å². The summed E-state index contributed by atoms with van der Waals surface area (Å²) in [6.07, 6.45) is 3.83. The van der Waals surface area contributed by atoms with E-state index in [0.29, 0.717) is 0 Å². The average Bonchev–Trinajstić information content (AvgIpc) is 2.58. The zero-order valence-electron chi connectivity index (χ0n) is 12.1. The van der Waals surface area contributed by atoms with E-state index in [0.717, 1.165) is 15.7 Å². The molecule has 1 amide bonds. The number of hydrogen-bond donors (Lipinski definition) is 0. The van der Waals surface area contributed by atoms with Gasteiger partial charge in [-0.15, -0.1) is 0 Å². The van der Waals surface area contributed by atoms with E-state index in [2.05, 4.69) is 26.0 Å². The molecule has 1 saturated heterocycles. The number of rotatable bonds is 4. The van der Waals surface area contributed by atoms with Crippen molar-refractivity contribution in [2.45, 2.75) is 12.1 Å². The van der Waals surface area contributed by atoms with Gasteiger partial charge in [0.1, 0.15) is 6.04 Å². The van der Waals surface area contributed by atoms with Crippen molar-refractivity contribution in [2.24, 2.45) is 5.11 Å². The fourth-order valence-corrected chi connectivity index (χ4v) is 3.04. The van der Waals surface area contributed by atoms with E-state index < -0.39 is 6.04 Å². The number of azide groups is 1. The SMILES string of the molecule is [N-]=[N+]=N[C@@H]1C(=O)N(c2ccccc2Br)[C@H]1/C=C/c1ccccc1. The summed E-state index contributed by atoms with van der Waals surface area (Å²) in [5.41, 5.74) is 10.5. The Morgan fingerprint density at radius 3 is 2.52 bits per heavy atom. The molecular formula is C17H13BrN4O. The molecule has 1 heterocycles. The number of benzene rings is 2. The molecule has 2 aromatic rings. The highest BCUT2D eigenvalue weighted by atomic mass is 79.9. The quantitative estimate of drug-likeness (QED) is 0.337. The number of amides is 1. The molecule has 0 aliphatic carbocycles. The standard InChI is InChI=1S/C17H13BrN4O/c18-13-8-4-5-9-14(13)22-15(16(17(22)23)20-21-19)11-10-12-6-2-1-3-7-12/h1-11,15-16H/b11-10+/t15-,16-/m0/s1. The van der Waals surface area contributed by atoms with Crippen LogP contribution in [0.3, 0.4) is 0 Å². The monoisotopic (exact) mass is 368 g/mol. The smallest absolute Gasteiger partial charge is 0.239 e. The molecule has 2 aromatic carbocycles. The normalized spacial score (nSPS) is 20.2. The molecule has 1 aliphatic heterocycles. The van der Waals surface area contributed by atoms with Crippen LogP contribution in [-0.4, -0.2) is 18.0 Å². The van der Waals surface area contributed by atoms with Crippen molar-refractivity contribution in [2.75, 3.05) is 4.90 Å². The van der Waals surface area contributed by atoms with Crippen molar-refractivity contribution in [1.29, 1.82) is 0 Å². The lowest BCUT2D eigenvalue weighted by atomic mass is 9.93. The second kappa shape index (κ2) is 6.69. The van der Waals surface area contributed by atoms with Gasteiger partial charge in [-0.05, 0) is 39.2 Å². The zero-order chi connectivity index (χ0) is 16.2. The highest BCUT2D eigenvalue weighted by molar-refractivity contribution is 9.10. The minimum absolute atomic E-state index is 0.197. The van der Waals surface area contributed by atoms with Gasteiger partial charge in [0.25, 0.3) is 0 Å². The highest BCUT2D eigenvalue weighted by Gasteiger charge is 2.46. The van der Waals surface area contributed by atoms with E-state index in [-0.39, 0.29) is 11.9 Å². The summed E-state index contributed by atoms with van der Waals surface area (Å²) in [5.74, 6) is -0.197. The Bertz CT molecular complexity index is 799. The molecule has 6 heteroatoms. The second-order valence-corrected chi connectivity index (χ2v) is 5.92. The van der Waals surface area contributed by atoms with Crippen LogP contribution in [0.4, 0.5) is 5.69 Å². The van der Waals surface area contributed by atoms with Crippen LogP contribution in [0.1, 0.15) is 5.56 Å². The molecule has 0 aromatic heterocycles. The van der Waals surface area contributed by atoms with Gasteiger partial charge in [-0.2, -0.15) is 0 Å². The number of anilines is 1. The summed E-state index contributed by atoms with van der Waals surface area (Å²) in [6.45, 7) is 0. The minimum atomic E-state index is -0.702. The largest absolute Gasteiger partial charge is 0.303 e. The molecule has 1 aliphatic rings. The average molecular weight is 369 g/mol. The summed E-state index contributed by atoms with van der Waals surface area (Å²) in [4.78, 5) is 16.8. The fourth-order valence-electron chi connectivity index (χ4n) is 2.56. The Hall–Kier alpha value is -2.56. The van der Waals surface area contributed by atoms with E-state index in [1.165, 1.54) is 0 Å². The maximum absolute atomic E-state index is 12.3. The molecular weight excluding hydrogens is 356 g/mol. The first-order valence-electron chi connectivity index (χ1n) is 7.07. The summed E-state index contributed by atoms with van der Waals surface area (Å²) < 4.78 is 0.825. The van der Waals surface area contributed by atoms with Gasteiger partial charge in [-0.3, -0.25) is 4.79 Å². The Morgan fingerprint density at radius 1 is 1.13 bits per heavy atom. The van der Waals surface area contributed by atoms with Crippen LogP contribution in [0.5, 0.6) is 0 Å². The molecule has 5 nitrogen and oxygen atoms in total. The third kappa shape index (κ3) is 2.99. The second-order valence-electron chi connectivity index (χ2n) is 5.07. The summed E-state index contributed by atoms with van der Waals surface area (Å²) in [5, 5.41) is 3.63. The van der Waals surface area contributed by atoms with Crippen molar-refractivity contribution in [3.8, 4) is 0 Å². The molecule has 0 saturated carbocycles. The third-order valence-electron chi connectivity index (χ3n) is 3.69. The fraction of sp³-hybridized carbons (Fsp3) is 0.118. The molecule has 23 heavy (non-hydrogen) atoms. The van der Waals surface area contributed by atoms with Gasteiger partial charge < -0.3 is 4.90 Å². The van der Waals surface area contributed by atoms with Crippen molar-refractivity contribution < 1.29 is 4.79 Å². The molecule has 0 unspecified atom stereocenters. The van der Waals surface area contributed by atoms with Gasteiger partial charge >= 0.3 is 0 Å². The lowest BCUT2D eigenvalue weighted by molar-refractivity contribution is -0.125. The summed E-state index contributed by atoms with van der Waals surface area (Å²) >= 11 is 3.46. The molecule has 0 bridgehead atoms. The highest BCUT2D eigenvalue weighted by Crippen LogP contribution is 2.36. The number of carbonyl (C=O) groups excluding carboxylic acids is 1. The molecule has 1 fully saturated rings. The Balaban J connectivity index is 1.92. The summed E-state index contributed by atoms with van der Waals surface area (Å²) in [6, 6.07) is 16.3. The minimum Gasteiger partial charge on any atom is -0.303 e. The molecule has 0 N–H and O–H groups in total. The predicted octanol–water partition coefficient (Wildman–Crippen LogP) is 4.56. The molecule has 0 spiro atoms. The molecule has 3 rings (SSSR count). The van der Waals surface area contributed by atoms with Crippen LogP contribution in [-0.2, 0) is 4.79 Å². The number of halogens is 1. The van der Waals surface area contributed by atoms with E-state index >= 15 is 0 Å². The lowest BCUT2D eigenvalue weighted by Crippen LogP contribution is -2.63. The maximum atomic E-state index is 12.3. The third-order valence-corrected chi connectivity index (χ3v) is 4.36. The van der Waals surface area contributed by atoms with Gasteiger partial charge in [-0.1, -0.05) is 59.7 Å². The molecule has 114 valence electrons. The van der Waals surface area contributed by atoms with Crippen molar-refractivity contribution in [3.05, 3.63) is 81.2 Å². The Morgan fingerprint density at radius 2 is 1.83 bits per heavy atom. The first kappa shape index (κ1) is 15.3. The Kier molecular flexibility index (Phi) is 4.46. The van der Waals surface area contributed by atoms with Gasteiger partial charge in [0.15, 0.2) is 0 Å². The zero-order valence-corrected chi connectivity index (χ0v) is 13.7. The maximum Gasteiger partial charge on any atom is 0.239 e. The van der Waals surface area contributed by atoms with Gasteiger partial charge in [0, 0.05) is 9.38 Å². The number of hydrogen-bond acceptors (Lipinski definition) is 2. The molecule has 0 radical (unpaired) electrons. The van der Waals surface area contributed by atoms with Crippen LogP contribution in [0.2, 0.25) is 0 Å². The first-order valence-corrected chi connectivity index (χ1v) is 7.87. The van der Waals surface area contributed by atoms with Crippen LogP contribution in [0.15, 0.2) is 70.3 Å². The number of nitrogens with zero attached hydrogens (tertiary/aromatic N) is 4. The van der Waals surface area contributed by atoms with E-state index in [1.807, 2.05) is 66.7 Å². The number of para-hydroxylation sites is 1. The van der Waals surface area contributed by atoms with Crippen molar-refractivity contribution >= 4 is 33.6 Å². The van der Waals surface area contributed by atoms with Gasteiger partial charge in [0.2, 0.25) is 5.91 Å². The van der Waals surface area contributed by atoms with Gasteiger partial charge in [0.05, 0.1) is 11.7 Å². The van der Waals surface area contributed by atoms with Crippen molar-refractivity contribution in [1.82, 2.24) is 0 Å². The summed E-state index contributed by atoms with van der Waals surface area (Å²) in [7, 11) is 0.